The molecule has 0 aliphatic rings. The highest BCUT2D eigenvalue weighted by molar-refractivity contribution is 7.14. The van der Waals surface area contributed by atoms with Crippen LogP contribution in [-0.2, 0) is 10.2 Å². The molecule has 1 amide bonds. The average molecular weight is 502 g/mol. The van der Waals surface area contributed by atoms with E-state index in [0.717, 1.165) is 11.1 Å². The number of aromatic nitrogens is 2. The predicted octanol–water partition coefficient (Wildman–Crippen LogP) is 7.23. The topological polar surface area (TPSA) is 81.2 Å². The van der Waals surface area contributed by atoms with Crippen LogP contribution in [0.5, 0.6) is 0 Å². The lowest BCUT2D eigenvalue weighted by molar-refractivity contribution is 0.0600. The second-order valence-electron chi connectivity index (χ2n) is 8.79. The smallest absolute Gasteiger partial charge is 0.337 e. The highest BCUT2D eigenvalue weighted by Gasteiger charge is 2.18. The zero-order valence-electron chi connectivity index (χ0n) is 21.5. The van der Waals surface area contributed by atoms with E-state index in [9.17, 15) is 9.59 Å². The van der Waals surface area contributed by atoms with E-state index in [2.05, 4.69) is 48.2 Å². The van der Waals surface area contributed by atoms with Gasteiger partial charge in [0.2, 0.25) is 0 Å². The lowest BCUT2D eigenvalue weighted by atomic mass is 9.86. The zero-order chi connectivity index (χ0) is 26.3. The van der Waals surface area contributed by atoms with E-state index in [0.29, 0.717) is 27.6 Å². The van der Waals surface area contributed by atoms with Crippen molar-refractivity contribution >= 4 is 28.3 Å². The van der Waals surface area contributed by atoms with Gasteiger partial charge in [-0.1, -0.05) is 71.0 Å². The van der Waals surface area contributed by atoms with E-state index >= 15 is 0 Å². The number of thiazole rings is 1. The molecule has 2 heterocycles. The van der Waals surface area contributed by atoms with Gasteiger partial charge >= 0.3 is 5.97 Å². The molecule has 36 heavy (non-hydrogen) atoms. The molecule has 7 heteroatoms. The summed E-state index contributed by atoms with van der Waals surface area (Å²) in [6.45, 7) is 10.5. The van der Waals surface area contributed by atoms with Crippen molar-refractivity contribution in [2.75, 3.05) is 12.4 Å². The Morgan fingerprint density at radius 3 is 2.33 bits per heavy atom. The third-order valence-electron chi connectivity index (χ3n) is 5.38. The third-order valence-corrected chi connectivity index (χ3v) is 6.14. The molecule has 0 aliphatic carbocycles. The predicted molar refractivity (Wildman–Crippen MR) is 147 cm³/mol. The van der Waals surface area contributed by atoms with Crippen LogP contribution in [0.1, 0.15) is 60.9 Å². The molecule has 4 rings (SSSR count). The van der Waals surface area contributed by atoms with E-state index in [-0.39, 0.29) is 11.3 Å². The van der Waals surface area contributed by atoms with Gasteiger partial charge in [0, 0.05) is 22.7 Å². The summed E-state index contributed by atoms with van der Waals surface area (Å²) in [5.41, 5.74) is 5.08. The van der Waals surface area contributed by atoms with Crippen LogP contribution < -0.4 is 5.32 Å². The van der Waals surface area contributed by atoms with Crippen molar-refractivity contribution in [2.45, 2.75) is 40.0 Å². The number of hydrogen-bond donors (Lipinski definition) is 1. The molecule has 0 spiro atoms. The number of nitrogens with one attached hydrogen (secondary N) is 1. The minimum absolute atomic E-state index is 0.0434. The molecule has 0 saturated carbocycles. The van der Waals surface area contributed by atoms with Crippen molar-refractivity contribution in [2.24, 2.45) is 0 Å². The lowest BCUT2D eigenvalue weighted by Gasteiger charge is -2.19. The summed E-state index contributed by atoms with van der Waals surface area (Å²) in [4.78, 5) is 33.9. The molecule has 2 aromatic carbocycles. The molecular formula is C29H31N3O3S. The van der Waals surface area contributed by atoms with Gasteiger partial charge in [0.25, 0.3) is 5.91 Å². The van der Waals surface area contributed by atoms with E-state index in [1.807, 2.05) is 37.4 Å². The SMILES string of the molecule is CC.COC(=O)c1cccc(-c2csc(NC(=O)c3cccnc3-c3ccc(C(C)(C)C)cc3)n2)c1. The average Bonchev–Trinajstić information content (AvgIpc) is 3.37. The summed E-state index contributed by atoms with van der Waals surface area (Å²) in [7, 11) is 1.34. The molecule has 0 saturated heterocycles. The highest BCUT2D eigenvalue weighted by Crippen LogP contribution is 2.29. The van der Waals surface area contributed by atoms with Gasteiger partial charge in [0.05, 0.1) is 29.6 Å². The number of esters is 1. The third kappa shape index (κ3) is 6.23. The van der Waals surface area contributed by atoms with Gasteiger partial charge in [-0.05, 0) is 35.2 Å². The quantitative estimate of drug-likeness (QED) is 0.292. The number of methoxy groups -OCH3 is 1. The second-order valence-corrected chi connectivity index (χ2v) is 9.65. The number of rotatable bonds is 5. The summed E-state index contributed by atoms with van der Waals surface area (Å²) < 4.78 is 4.78. The molecule has 2 aromatic heterocycles. The monoisotopic (exact) mass is 501 g/mol. The van der Waals surface area contributed by atoms with Gasteiger partial charge in [0.15, 0.2) is 5.13 Å². The molecule has 6 nitrogen and oxygen atoms in total. The number of anilines is 1. The Bertz CT molecular complexity index is 1340. The van der Waals surface area contributed by atoms with Gasteiger partial charge in [0.1, 0.15) is 0 Å². The lowest BCUT2D eigenvalue weighted by Crippen LogP contribution is -2.14. The fourth-order valence-corrected chi connectivity index (χ4v) is 4.21. The molecule has 0 radical (unpaired) electrons. The first-order valence-electron chi connectivity index (χ1n) is 11.8. The van der Waals surface area contributed by atoms with Gasteiger partial charge in [-0.25, -0.2) is 9.78 Å². The maximum Gasteiger partial charge on any atom is 0.337 e. The number of pyridine rings is 1. The Hall–Kier alpha value is -3.84. The van der Waals surface area contributed by atoms with Crippen molar-refractivity contribution < 1.29 is 14.3 Å². The fraction of sp³-hybridized carbons (Fsp3) is 0.241. The maximum absolute atomic E-state index is 13.1. The molecule has 4 aromatic rings. The normalized spacial score (nSPS) is 10.7. The van der Waals surface area contributed by atoms with Crippen LogP contribution in [0.4, 0.5) is 5.13 Å². The summed E-state index contributed by atoms with van der Waals surface area (Å²) in [6, 6.07) is 18.7. The molecular weight excluding hydrogens is 470 g/mol. The van der Waals surface area contributed by atoms with E-state index in [4.69, 9.17) is 4.74 Å². The Labute approximate surface area is 216 Å². The molecule has 0 bridgehead atoms. The first-order chi connectivity index (χ1) is 17.3. The van der Waals surface area contributed by atoms with Gasteiger partial charge < -0.3 is 4.74 Å². The van der Waals surface area contributed by atoms with Crippen LogP contribution in [0.25, 0.3) is 22.5 Å². The summed E-state index contributed by atoms with van der Waals surface area (Å²) in [5.74, 6) is -0.697. The Balaban J connectivity index is 0.00000176. The maximum atomic E-state index is 13.1. The van der Waals surface area contributed by atoms with Crippen LogP contribution in [0.15, 0.2) is 72.2 Å². The van der Waals surface area contributed by atoms with Crippen LogP contribution in [0.2, 0.25) is 0 Å². The number of amides is 1. The van der Waals surface area contributed by atoms with Crippen molar-refractivity contribution in [3.8, 4) is 22.5 Å². The second kappa shape index (κ2) is 11.7. The summed E-state index contributed by atoms with van der Waals surface area (Å²) in [6.07, 6.45) is 1.68. The van der Waals surface area contributed by atoms with Gasteiger partial charge in [-0.15, -0.1) is 11.3 Å². The van der Waals surface area contributed by atoms with Crippen molar-refractivity contribution in [1.29, 1.82) is 0 Å². The zero-order valence-corrected chi connectivity index (χ0v) is 22.3. The molecule has 1 N–H and O–H groups in total. The number of hydrogen-bond acceptors (Lipinski definition) is 6. The summed E-state index contributed by atoms with van der Waals surface area (Å²) in [5, 5.41) is 5.17. The molecule has 0 fully saturated rings. The number of nitrogens with zero attached hydrogens (tertiary/aromatic N) is 2. The van der Waals surface area contributed by atoms with Crippen molar-refractivity contribution in [1.82, 2.24) is 9.97 Å². The Morgan fingerprint density at radius 2 is 1.67 bits per heavy atom. The number of carbonyl (C=O) groups is 2. The highest BCUT2D eigenvalue weighted by atomic mass is 32.1. The molecule has 0 aliphatic heterocycles. The van der Waals surface area contributed by atoms with E-state index < -0.39 is 5.97 Å². The van der Waals surface area contributed by atoms with Gasteiger partial charge in [-0.3, -0.25) is 15.1 Å². The first kappa shape index (κ1) is 26.8. The number of carbonyl (C=O) groups excluding carboxylic acids is 2. The molecule has 186 valence electrons. The fourth-order valence-electron chi connectivity index (χ4n) is 3.50. The van der Waals surface area contributed by atoms with E-state index in [1.54, 1.807) is 36.5 Å². The van der Waals surface area contributed by atoms with Gasteiger partial charge in [-0.2, -0.15) is 0 Å². The standard InChI is InChI=1S/C27H25N3O3S.C2H6/c1-27(2,3)20-12-10-17(11-13-20)23-21(9-6-14-28-23)24(31)30-26-29-22(16-34-26)18-7-5-8-19(15-18)25(32)33-4;1-2/h5-16H,1-4H3,(H,29,30,31);1-2H3. The van der Waals surface area contributed by atoms with Crippen LogP contribution >= 0.6 is 11.3 Å². The summed E-state index contributed by atoms with van der Waals surface area (Å²) >= 11 is 1.31. The van der Waals surface area contributed by atoms with Crippen molar-refractivity contribution in [3.63, 3.8) is 0 Å². The van der Waals surface area contributed by atoms with Crippen LogP contribution in [0, 0.1) is 0 Å². The molecule has 0 unspecified atom stereocenters. The van der Waals surface area contributed by atoms with Crippen LogP contribution in [0.3, 0.4) is 0 Å². The first-order valence-corrected chi connectivity index (χ1v) is 12.7. The number of benzene rings is 2. The van der Waals surface area contributed by atoms with E-state index in [1.165, 1.54) is 24.0 Å². The van der Waals surface area contributed by atoms with Crippen molar-refractivity contribution in [3.05, 3.63) is 88.9 Å². The minimum atomic E-state index is -0.412. The minimum Gasteiger partial charge on any atom is -0.465 e. The number of ether oxygens (including phenoxy) is 1. The Morgan fingerprint density at radius 1 is 0.944 bits per heavy atom. The Kier molecular flexibility index (Phi) is 8.72. The molecule has 0 atom stereocenters. The van der Waals surface area contributed by atoms with Crippen LogP contribution in [-0.4, -0.2) is 29.0 Å². The largest absolute Gasteiger partial charge is 0.465 e.